The molecule has 0 bridgehead atoms. The van der Waals surface area contributed by atoms with Gasteiger partial charge in [-0.2, -0.15) is 0 Å². The highest BCUT2D eigenvalue weighted by Crippen LogP contribution is 2.24. The quantitative estimate of drug-likeness (QED) is 0.765. The monoisotopic (exact) mass is 335 g/mol. The molecular formula is C15H14ClN3O2S. The summed E-state index contributed by atoms with van der Waals surface area (Å²) in [6.45, 7) is 2.00. The number of fused-ring (bicyclic) bond motifs is 1. The minimum absolute atomic E-state index is 0.0515. The summed E-state index contributed by atoms with van der Waals surface area (Å²) in [5, 5.41) is 0.186. The molecule has 0 saturated heterocycles. The van der Waals surface area contributed by atoms with E-state index in [0.29, 0.717) is 5.69 Å². The Morgan fingerprint density at radius 1 is 1.23 bits per heavy atom. The normalized spacial score (nSPS) is 11.7. The number of nitrogens with zero attached hydrogens (tertiary/aromatic N) is 1. The van der Waals surface area contributed by atoms with Gasteiger partial charge in [-0.1, -0.05) is 30.7 Å². The molecule has 0 saturated carbocycles. The SMILES string of the molecule is CCc1nc2ccc(NS(=O)(=O)c3ccccc3Cl)cc2[nH]1. The number of nitrogens with one attached hydrogen (secondary N) is 2. The van der Waals surface area contributed by atoms with Crippen LogP contribution in [0.3, 0.4) is 0 Å². The fraction of sp³-hybridized carbons (Fsp3) is 0.133. The molecule has 0 spiro atoms. The zero-order chi connectivity index (χ0) is 15.7. The lowest BCUT2D eigenvalue weighted by Crippen LogP contribution is -2.13. The van der Waals surface area contributed by atoms with Crippen molar-refractivity contribution in [3.05, 3.63) is 53.3 Å². The van der Waals surface area contributed by atoms with E-state index < -0.39 is 10.0 Å². The molecule has 3 rings (SSSR count). The Morgan fingerprint density at radius 3 is 2.73 bits per heavy atom. The lowest BCUT2D eigenvalue weighted by Gasteiger charge is -2.09. The average Bonchev–Trinajstić information content (AvgIpc) is 2.89. The van der Waals surface area contributed by atoms with Crippen LogP contribution in [-0.2, 0) is 16.4 Å². The summed E-state index contributed by atoms with van der Waals surface area (Å²) in [6.07, 6.45) is 0.787. The van der Waals surface area contributed by atoms with Gasteiger partial charge in [-0.25, -0.2) is 13.4 Å². The zero-order valence-corrected chi connectivity index (χ0v) is 13.4. The Kier molecular flexibility index (Phi) is 3.80. The summed E-state index contributed by atoms with van der Waals surface area (Å²) in [5.74, 6) is 0.862. The van der Waals surface area contributed by atoms with Crippen molar-refractivity contribution in [1.82, 2.24) is 9.97 Å². The molecule has 0 aliphatic heterocycles. The number of aromatic nitrogens is 2. The van der Waals surface area contributed by atoms with Gasteiger partial charge >= 0.3 is 0 Å². The minimum Gasteiger partial charge on any atom is -0.342 e. The highest BCUT2D eigenvalue weighted by molar-refractivity contribution is 7.92. The fourth-order valence-corrected chi connectivity index (χ4v) is 3.74. The molecule has 1 aromatic heterocycles. The highest BCUT2D eigenvalue weighted by Gasteiger charge is 2.17. The van der Waals surface area contributed by atoms with Crippen LogP contribution in [0.2, 0.25) is 5.02 Å². The van der Waals surface area contributed by atoms with Crippen LogP contribution >= 0.6 is 11.6 Å². The van der Waals surface area contributed by atoms with E-state index >= 15 is 0 Å². The summed E-state index contributed by atoms with van der Waals surface area (Å²) >= 11 is 5.96. The van der Waals surface area contributed by atoms with Crippen molar-refractivity contribution in [2.45, 2.75) is 18.2 Å². The van der Waals surface area contributed by atoms with E-state index in [1.54, 1.807) is 36.4 Å². The van der Waals surface area contributed by atoms with Gasteiger partial charge in [0.05, 0.1) is 21.7 Å². The van der Waals surface area contributed by atoms with E-state index in [1.165, 1.54) is 6.07 Å². The van der Waals surface area contributed by atoms with Crippen molar-refractivity contribution in [3.63, 3.8) is 0 Å². The number of aryl methyl sites for hydroxylation is 1. The molecule has 114 valence electrons. The van der Waals surface area contributed by atoms with Crippen LogP contribution in [-0.4, -0.2) is 18.4 Å². The van der Waals surface area contributed by atoms with Crippen molar-refractivity contribution in [2.24, 2.45) is 0 Å². The first kappa shape index (κ1) is 14.9. The van der Waals surface area contributed by atoms with Crippen molar-refractivity contribution < 1.29 is 8.42 Å². The number of rotatable bonds is 4. The fourth-order valence-electron chi connectivity index (χ4n) is 2.17. The number of H-pyrrole nitrogens is 1. The largest absolute Gasteiger partial charge is 0.342 e. The summed E-state index contributed by atoms with van der Waals surface area (Å²) in [4.78, 5) is 7.59. The first-order valence-corrected chi connectivity index (χ1v) is 8.61. The third-order valence-corrected chi connectivity index (χ3v) is 5.13. The Morgan fingerprint density at radius 2 is 2.00 bits per heavy atom. The third-order valence-electron chi connectivity index (χ3n) is 3.24. The van der Waals surface area contributed by atoms with Crippen LogP contribution in [0, 0.1) is 0 Å². The second-order valence-electron chi connectivity index (χ2n) is 4.80. The Bertz CT molecular complexity index is 935. The predicted octanol–water partition coefficient (Wildman–Crippen LogP) is 3.58. The molecule has 0 aliphatic rings. The van der Waals surface area contributed by atoms with Gasteiger partial charge in [-0.15, -0.1) is 0 Å². The minimum atomic E-state index is -3.73. The maximum absolute atomic E-state index is 12.4. The van der Waals surface area contributed by atoms with Crippen LogP contribution < -0.4 is 4.72 Å². The molecule has 22 heavy (non-hydrogen) atoms. The molecule has 0 amide bonds. The van der Waals surface area contributed by atoms with Gasteiger partial charge in [0.1, 0.15) is 10.7 Å². The smallest absolute Gasteiger partial charge is 0.263 e. The molecule has 1 heterocycles. The molecule has 2 N–H and O–H groups in total. The Balaban J connectivity index is 1.97. The van der Waals surface area contributed by atoms with E-state index in [2.05, 4.69) is 14.7 Å². The second-order valence-corrected chi connectivity index (χ2v) is 6.86. The van der Waals surface area contributed by atoms with Gasteiger partial charge in [-0.05, 0) is 30.3 Å². The van der Waals surface area contributed by atoms with Crippen LogP contribution in [0.1, 0.15) is 12.7 Å². The number of halogens is 1. The van der Waals surface area contributed by atoms with Gasteiger partial charge < -0.3 is 4.98 Å². The molecule has 0 radical (unpaired) electrons. The molecule has 7 heteroatoms. The van der Waals surface area contributed by atoms with Crippen molar-refractivity contribution in [2.75, 3.05) is 4.72 Å². The number of hydrogen-bond acceptors (Lipinski definition) is 3. The van der Waals surface area contributed by atoms with Crippen LogP contribution in [0.25, 0.3) is 11.0 Å². The number of benzene rings is 2. The van der Waals surface area contributed by atoms with Crippen molar-refractivity contribution in [1.29, 1.82) is 0 Å². The Hall–Kier alpha value is -2.05. The van der Waals surface area contributed by atoms with E-state index in [9.17, 15) is 8.42 Å². The number of anilines is 1. The first-order chi connectivity index (χ1) is 10.5. The topological polar surface area (TPSA) is 74.8 Å². The zero-order valence-electron chi connectivity index (χ0n) is 11.8. The molecule has 2 aromatic carbocycles. The number of aromatic amines is 1. The van der Waals surface area contributed by atoms with Crippen molar-refractivity contribution in [3.8, 4) is 0 Å². The van der Waals surface area contributed by atoms with E-state index in [0.717, 1.165) is 23.3 Å². The lowest BCUT2D eigenvalue weighted by atomic mass is 10.3. The summed E-state index contributed by atoms with van der Waals surface area (Å²) in [7, 11) is -3.73. The molecule has 3 aromatic rings. The van der Waals surface area contributed by atoms with Gasteiger partial charge in [-0.3, -0.25) is 4.72 Å². The van der Waals surface area contributed by atoms with Gasteiger partial charge in [0.25, 0.3) is 10.0 Å². The average molecular weight is 336 g/mol. The number of sulfonamides is 1. The van der Waals surface area contributed by atoms with E-state index in [4.69, 9.17) is 11.6 Å². The van der Waals surface area contributed by atoms with Crippen LogP contribution in [0.5, 0.6) is 0 Å². The Labute approximate surface area is 133 Å². The van der Waals surface area contributed by atoms with Gasteiger partial charge in [0.2, 0.25) is 0 Å². The van der Waals surface area contributed by atoms with Gasteiger partial charge in [0.15, 0.2) is 0 Å². The molecule has 5 nitrogen and oxygen atoms in total. The number of hydrogen-bond donors (Lipinski definition) is 2. The maximum Gasteiger partial charge on any atom is 0.263 e. The summed E-state index contributed by atoms with van der Waals surface area (Å²) in [6, 6.07) is 11.5. The lowest BCUT2D eigenvalue weighted by molar-refractivity contribution is 0.601. The molecule has 0 atom stereocenters. The van der Waals surface area contributed by atoms with E-state index in [-0.39, 0.29) is 9.92 Å². The van der Waals surface area contributed by atoms with Crippen molar-refractivity contribution >= 4 is 38.3 Å². The molecule has 0 fully saturated rings. The van der Waals surface area contributed by atoms with Gasteiger partial charge in [0, 0.05) is 6.42 Å². The standard InChI is InChI=1S/C15H14ClN3O2S/c1-2-15-17-12-8-7-10(9-13(12)18-15)19-22(20,21)14-6-4-3-5-11(14)16/h3-9,19H,2H2,1H3,(H,17,18). The number of imidazole rings is 1. The van der Waals surface area contributed by atoms with E-state index in [1.807, 2.05) is 6.92 Å². The van der Waals surface area contributed by atoms with Crippen LogP contribution in [0.4, 0.5) is 5.69 Å². The maximum atomic E-state index is 12.4. The third kappa shape index (κ3) is 2.80. The molecule has 0 aliphatic carbocycles. The van der Waals surface area contributed by atoms with Crippen LogP contribution in [0.15, 0.2) is 47.4 Å². The highest BCUT2D eigenvalue weighted by atomic mass is 35.5. The molecular weight excluding hydrogens is 322 g/mol. The first-order valence-electron chi connectivity index (χ1n) is 6.75. The summed E-state index contributed by atoms with van der Waals surface area (Å²) < 4.78 is 27.3. The summed E-state index contributed by atoms with van der Waals surface area (Å²) in [5.41, 5.74) is 2.05. The predicted molar refractivity (Wildman–Crippen MR) is 87.7 cm³/mol. The second kappa shape index (κ2) is 5.62. The molecule has 0 unspecified atom stereocenters.